The zero-order chi connectivity index (χ0) is 19.9. The Morgan fingerprint density at radius 2 is 1.75 bits per heavy atom. The third-order valence-corrected chi connectivity index (χ3v) is 4.09. The Labute approximate surface area is 163 Å². The predicted octanol–water partition coefficient (Wildman–Crippen LogP) is 2.77. The summed E-state index contributed by atoms with van der Waals surface area (Å²) >= 11 is 0. The molecule has 0 radical (unpaired) electrons. The molecule has 0 aliphatic heterocycles. The normalized spacial score (nSPS) is 12.8. The first kappa shape index (κ1) is 19.4. The molecule has 1 saturated carbocycles. The fourth-order valence-electron chi connectivity index (χ4n) is 2.54. The Bertz CT molecular complexity index is 859. The van der Waals surface area contributed by atoms with E-state index in [1.807, 2.05) is 6.92 Å². The van der Waals surface area contributed by atoms with Crippen LogP contribution in [0.1, 0.15) is 40.5 Å². The largest absolute Gasteiger partial charge is 0.494 e. The predicted molar refractivity (Wildman–Crippen MR) is 103 cm³/mol. The van der Waals surface area contributed by atoms with Gasteiger partial charge < -0.3 is 20.1 Å². The average Bonchev–Trinajstić information content (AvgIpc) is 3.51. The topological polar surface area (TPSA) is 93.7 Å². The molecule has 1 aliphatic carbocycles. The highest BCUT2D eigenvalue weighted by Crippen LogP contribution is 2.21. The Kier molecular flexibility index (Phi) is 6.26. The van der Waals surface area contributed by atoms with Gasteiger partial charge in [-0.15, -0.1) is 0 Å². The number of para-hydroxylation sites is 1. The van der Waals surface area contributed by atoms with E-state index in [9.17, 15) is 14.4 Å². The summed E-state index contributed by atoms with van der Waals surface area (Å²) < 4.78 is 10.4. The van der Waals surface area contributed by atoms with Crippen LogP contribution in [0.5, 0.6) is 5.75 Å². The summed E-state index contributed by atoms with van der Waals surface area (Å²) in [6, 6.07) is 13.4. The second-order valence-corrected chi connectivity index (χ2v) is 6.38. The standard InChI is InChI=1S/C21H22N2O5/c1-2-27-16-11-7-14(8-12-16)21(26)28-13-19(24)23-18-6-4-3-5-17(18)20(25)22-15-9-10-15/h3-8,11-12,15H,2,9-10,13H2,1H3,(H,22,25)(H,23,24). The van der Waals surface area contributed by atoms with Crippen LogP contribution in [0.4, 0.5) is 5.69 Å². The first-order valence-electron chi connectivity index (χ1n) is 9.16. The molecule has 146 valence electrons. The molecule has 2 N–H and O–H groups in total. The third kappa shape index (κ3) is 5.33. The van der Waals surface area contributed by atoms with Crippen LogP contribution in [0.25, 0.3) is 0 Å². The zero-order valence-corrected chi connectivity index (χ0v) is 15.6. The molecule has 28 heavy (non-hydrogen) atoms. The lowest BCUT2D eigenvalue weighted by Gasteiger charge is -2.11. The molecular formula is C21H22N2O5. The van der Waals surface area contributed by atoms with Gasteiger partial charge in [-0.05, 0) is 56.2 Å². The van der Waals surface area contributed by atoms with Crippen LogP contribution in [0.15, 0.2) is 48.5 Å². The van der Waals surface area contributed by atoms with Gasteiger partial charge in [-0.3, -0.25) is 9.59 Å². The average molecular weight is 382 g/mol. The Morgan fingerprint density at radius 3 is 2.43 bits per heavy atom. The minimum atomic E-state index is -0.613. The highest BCUT2D eigenvalue weighted by atomic mass is 16.5. The number of hydrogen-bond acceptors (Lipinski definition) is 5. The van der Waals surface area contributed by atoms with Gasteiger partial charge in [0.25, 0.3) is 11.8 Å². The Balaban J connectivity index is 1.54. The molecule has 7 heteroatoms. The van der Waals surface area contributed by atoms with Gasteiger partial charge in [0.1, 0.15) is 5.75 Å². The molecule has 1 fully saturated rings. The molecule has 0 unspecified atom stereocenters. The Morgan fingerprint density at radius 1 is 1.04 bits per heavy atom. The van der Waals surface area contributed by atoms with Crippen LogP contribution < -0.4 is 15.4 Å². The zero-order valence-electron chi connectivity index (χ0n) is 15.6. The lowest BCUT2D eigenvalue weighted by Crippen LogP contribution is -2.28. The summed E-state index contributed by atoms with van der Waals surface area (Å²) in [7, 11) is 0. The van der Waals surface area contributed by atoms with Crippen molar-refractivity contribution in [3.63, 3.8) is 0 Å². The number of nitrogens with one attached hydrogen (secondary N) is 2. The van der Waals surface area contributed by atoms with Gasteiger partial charge in [-0.2, -0.15) is 0 Å². The molecule has 3 rings (SSSR count). The van der Waals surface area contributed by atoms with Crippen LogP contribution in [0, 0.1) is 0 Å². The molecule has 1 aliphatic rings. The number of ether oxygens (including phenoxy) is 2. The van der Waals surface area contributed by atoms with E-state index in [1.165, 1.54) is 0 Å². The van der Waals surface area contributed by atoms with Crippen molar-refractivity contribution < 1.29 is 23.9 Å². The summed E-state index contributed by atoms with van der Waals surface area (Å²) in [5.74, 6) is -0.716. The first-order valence-corrected chi connectivity index (χ1v) is 9.16. The molecule has 0 atom stereocenters. The number of rotatable bonds is 8. The maximum absolute atomic E-state index is 12.3. The fraction of sp³-hybridized carbons (Fsp3) is 0.286. The van der Waals surface area contributed by atoms with E-state index >= 15 is 0 Å². The summed E-state index contributed by atoms with van der Waals surface area (Å²) in [6.07, 6.45) is 1.95. The third-order valence-electron chi connectivity index (χ3n) is 4.09. The van der Waals surface area contributed by atoms with Crippen LogP contribution in [-0.4, -0.2) is 37.0 Å². The van der Waals surface area contributed by atoms with Crippen molar-refractivity contribution in [1.29, 1.82) is 0 Å². The van der Waals surface area contributed by atoms with Gasteiger partial charge in [0.15, 0.2) is 6.61 Å². The number of amides is 2. The van der Waals surface area contributed by atoms with E-state index < -0.39 is 18.5 Å². The number of carbonyl (C=O) groups is 3. The first-order chi connectivity index (χ1) is 13.6. The van der Waals surface area contributed by atoms with Crippen molar-refractivity contribution in [3.8, 4) is 5.75 Å². The smallest absolute Gasteiger partial charge is 0.338 e. The summed E-state index contributed by atoms with van der Waals surface area (Å²) in [4.78, 5) is 36.5. The highest BCUT2D eigenvalue weighted by Gasteiger charge is 2.25. The quantitative estimate of drug-likeness (QED) is 0.685. The minimum Gasteiger partial charge on any atom is -0.494 e. The summed E-state index contributed by atoms with van der Waals surface area (Å²) in [5, 5.41) is 5.50. The van der Waals surface area contributed by atoms with E-state index in [4.69, 9.17) is 9.47 Å². The molecule has 2 amide bonds. The van der Waals surface area contributed by atoms with Gasteiger partial charge >= 0.3 is 5.97 Å². The summed E-state index contributed by atoms with van der Waals surface area (Å²) in [6.45, 7) is 1.95. The van der Waals surface area contributed by atoms with Crippen LogP contribution in [0.2, 0.25) is 0 Å². The van der Waals surface area contributed by atoms with Crippen molar-refractivity contribution in [2.24, 2.45) is 0 Å². The van der Waals surface area contributed by atoms with Crippen molar-refractivity contribution in [3.05, 3.63) is 59.7 Å². The van der Waals surface area contributed by atoms with Gasteiger partial charge in [0.2, 0.25) is 0 Å². The van der Waals surface area contributed by atoms with Crippen LogP contribution in [-0.2, 0) is 9.53 Å². The Hall–Kier alpha value is -3.35. The molecule has 2 aromatic rings. The number of benzene rings is 2. The van der Waals surface area contributed by atoms with E-state index in [-0.39, 0.29) is 11.9 Å². The van der Waals surface area contributed by atoms with Crippen molar-refractivity contribution in [2.75, 3.05) is 18.5 Å². The van der Waals surface area contributed by atoms with Gasteiger partial charge in [0.05, 0.1) is 23.4 Å². The number of carbonyl (C=O) groups excluding carboxylic acids is 3. The maximum Gasteiger partial charge on any atom is 0.338 e. The van der Waals surface area contributed by atoms with Gasteiger partial charge in [0, 0.05) is 6.04 Å². The maximum atomic E-state index is 12.3. The van der Waals surface area contributed by atoms with Crippen molar-refractivity contribution in [2.45, 2.75) is 25.8 Å². The molecule has 7 nitrogen and oxygen atoms in total. The minimum absolute atomic E-state index is 0.214. The number of anilines is 1. The van der Waals surface area contributed by atoms with Crippen molar-refractivity contribution in [1.82, 2.24) is 5.32 Å². The summed E-state index contributed by atoms with van der Waals surface area (Å²) in [5.41, 5.74) is 1.07. The van der Waals surface area contributed by atoms with Crippen molar-refractivity contribution >= 4 is 23.5 Å². The SMILES string of the molecule is CCOc1ccc(C(=O)OCC(=O)Nc2ccccc2C(=O)NC2CC2)cc1. The molecule has 0 heterocycles. The molecule has 0 aromatic heterocycles. The van der Waals surface area contributed by atoms with E-state index in [0.29, 0.717) is 29.2 Å². The van der Waals surface area contributed by atoms with Gasteiger partial charge in [-0.1, -0.05) is 12.1 Å². The van der Waals surface area contributed by atoms with Gasteiger partial charge in [-0.25, -0.2) is 4.79 Å². The van der Waals surface area contributed by atoms with E-state index in [2.05, 4.69) is 10.6 Å². The van der Waals surface area contributed by atoms with Crippen LogP contribution in [0.3, 0.4) is 0 Å². The molecular weight excluding hydrogens is 360 g/mol. The van der Waals surface area contributed by atoms with E-state index in [0.717, 1.165) is 12.8 Å². The fourth-order valence-corrected chi connectivity index (χ4v) is 2.54. The molecule has 2 aromatic carbocycles. The second-order valence-electron chi connectivity index (χ2n) is 6.38. The lowest BCUT2D eigenvalue weighted by molar-refractivity contribution is -0.119. The number of hydrogen-bond donors (Lipinski definition) is 2. The second kappa shape index (κ2) is 9.03. The number of esters is 1. The van der Waals surface area contributed by atoms with Crippen LogP contribution >= 0.6 is 0 Å². The molecule has 0 bridgehead atoms. The molecule has 0 spiro atoms. The molecule has 0 saturated heterocycles. The monoisotopic (exact) mass is 382 g/mol. The lowest BCUT2D eigenvalue weighted by atomic mass is 10.1. The highest BCUT2D eigenvalue weighted by molar-refractivity contribution is 6.04. The van der Waals surface area contributed by atoms with E-state index in [1.54, 1.807) is 48.5 Å².